The first-order valence-electron chi connectivity index (χ1n) is 3.68. The largest absolute Gasteiger partial charge is 0.366 e. The minimum absolute atomic E-state index is 0.335. The molecule has 2 rings (SSSR count). The molecule has 0 aromatic carbocycles. The molecule has 7 nitrogen and oxygen atoms in total. The zero-order valence-corrected chi connectivity index (χ0v) is 7.01. The lowest BCUT2D eigenvalue weighted by Gasteiger charge is -2.19. The van der Waals surface area contributed by atoms with Crippen LogP contribution in [0, 0.1) is 0 Å². The third-order valence-electron chi connectivity index (χ3n) is 1.81. The lowest BCUT2D eigenvalue weighted by atomic mass is 10.2. The molecule has 1 aliphatic rings. The second-order valence-electron chi connectivity index (χ2n) is 2.77. The molecule has 7 heteroatoms. The van der Waals surface area contributed by atoms with E-state index in [1.54, 1.807) is 18.1 Å². The molecule has 1 aliphatic heterocycles. The third-order valence-corrected chi connectivity index (χ3v) is 1.81. The van der Waals surface area contributed by atoms with Gasteiger partial charge in [-0.3, -0.25) is 4.79 Å². The van der Waals surface area contributed by atoms with Crippen LogP contribution in [0.25, 0.3) is 0 Å². The second kappa shape index (κ2) is 2.54. The monoisotopic (exact) mass is 180 g/mol. The van der Waals surface area contributed by atoms with Gasteiger partial charge in [-0.2, -0.15) is 0 Å². The molecule has 1 amide bonds. The third kappa shape index (κ3) is 1.13. The second-order valence-corrected chi connectivity index (χ2v) is 2.77. The Labute approximate surface area is 73.8 Å². The van der Waals surface area contributed by atoms with Crippen molar-refractivity contribution < 1.29 is 4.79 Å². The zero-order valence-electron chi connectivity index (χ0n) is 7.01. The van der Waals surface area contributed by atoms with Crippen LogP contribution in [0.5, 0.6) is 0 Å². The average molecular weight is 180 g/mol. The summed E-state index contributed by atoms with van der Waals surface area (Å²) in [5, 5.41) is 11.0. The Morgan fingerprint density at radius 1 is 1.69 bits per heavy atom. The molecule has 0 spiro atoms. The van der Waals surface area contributed by atoms with E-state index in [4.69, 9.17) is 5.73 Å². The minimum Gasteiger partial charge on any atom is -0.366 e. The van der Waals surface area contributed by atoms with Crippen molar-refractivity contribution in [2.45, 2.75) is 6.54 Å². The first-order valence-corrected chi connectivity index (χ1v) is 3.68. The molecule has 0 fully saturated rings. The molecule has 0 unspecified atom stereocenters. The lowest BCUT2D eigenvalue weighted by molar-refractivity contribution is -0.114. The van der Waals surface area contributed by atoms with Crippen molar-refractivity contribution in [1.29, 1.82) is 0 Å². The van der Waals surface area contributed by atoms with Crippen LogP contribution in [0.4, 0.5) is 5.95 Å². The Bertz CT molecular complexity index is 380. The molecule has 13 heavy (non-hydrogen) atoms. The Hall–Kier alpha value is -1.92. The Morgan fingerprint density at radius 3 is 3.15 bits per heavy atom. The van der Waals surface area contributed by atoms with E-state index in [0.717, 1.165) is 0 Å². The van der Waals surface area contributed by atoms with Gasteiger partial charge in [-0.25, -0.2) is 4.68 Å². The summed E-state index contributed by atoms with van der Waals surface area (Å²) < 4.78 is 1.51. The van der Waals surface area contributed by atoms with Crippen molar-refractivity contribution in [3.63, 3.8) is 0 Å². The summed E-state index contributed by atoms with van der Waals surface area (Å²) in [5.74, 6) is 0.151. The van der Waals surface area contributed by atoms with E-state index in [2.05, 4.69) is 15.5 Å². The molecule has 0 atom stereocenters. The topological polar surface area (TPSA) is 89.9 Å². The van der Waals surface area contributed by atoms with Gasteiger partial charge in [0.1, 0.15) is 0 Å². The summed E-state index contributed by atoms with van der Waals surface area (Å²) in [6.07, 6.45) is 1.63. The number of nitrogens with two attached hydrogens (primary N) is 1. The van der Waals surface area contributed by atoms with Crippen LogP contribution in [-0.4, -0.2) is 33.2 Å². The van der Waals surface area contributed by atoms with Gasteiger partial charge in [0, 0.05) is 13.2 Å². The number of aromatic nitrogens is 4. The molecule has 2 heterocycles. The Morgan fingerprint density at radius 2 is 2.46 bits per heavy atom. The van der Waals surface area contributed by atoms with Crippen LogP contribution in [0.1, 0.15) is 0 Å². The smallest absolute Gasteiger partial charge is 0.249 e. The molecular formula is C6H8N6O. The van der Waals surface area contributed by atoms with Crippen LogP contribution in [0.2, 0.25) is 0 Å². The molecule has 1 aromatic heterocycles. The first kappa shape index (κ1) is 7.71. The van der Waals surface area contributed by atoms with Crippen molar-refractivity contribution in [3.05, 3.63) is 11.8 Å². The molecule has 1 aromatic rings. The van der Waals surface area contributed by atoms with Crippen LogP contribution < -0.4 is 10.6 Å². The minimum atomic E-state index is -0.451. The van der Waals surface area contributed by atoms with Crippen molar-refractivity contribution in [2.75, 3.05) is 11.9 Å². The summed E-state index contributed by atoms with van der Waals surface area (Å²) in [5.41, 5.74) is 5.63. The van der Waals surface area contributed by atoms with Crippen molar-refractivity contribution in [2.24, 2.45) is 5.73 Å². The van der Waals surface area contributed by atoms with E-state index in [1.807, 2.05) is 0 Å². The van der Waals surface area contributed by atoms with Crippen molar-refractivity contribution in [3.8, 4) is 0 Å². The van der Waals surface area contributed by atoms with E-state index in [-0.39, 0.29) is 0 Å². The predicted octanol–water partition coefficient (Wildman–Crippen LogP) is -1.51. The predicted molar refractivity (Wildman–Crippen MR) is 43.5 cm³/mol. The molecule has 0 radical (unpaired) electrons. The van der Waals surface area contributed by atoms with E-state index < -0.39 is 5.91 Å². The summed E-state index contributed by atoms with van der Waals surface area (Å²) in [4.78, 5) is 12.5. The molecule has 0 saturated heterocycles. The van der Waals surface area contributed by atoms with Gasteiger partial charge in [-0.05, 0) is 10.4 Å². The summed E-state index contributed by atoms with van der Waals surface area (Å²) in [6, 6.07) is 0. The number of hydrogen-bond acceptors (Lipinski definition) is 5. The molecule has 0 aliphatic carbocycles. The fraction of sp³-hybridized carbons (Fsp3) is 0.333. The number of fused-ring (bicyclic) bond motifs is 1. The summed E-state index contributed by atoms with van der Waals surface area (Å²) in [7, 11) is 1.75. The van der Waals surface area contributed by atoms with Gasteiger partial charge in [0.05, 0.1) is 12.1 Å². The first-order chi connectivity index (χ1) is 6.18. The van der Waals surface area contributed by atoms with Crippen LogP contribution in [0.3, 0.4) is 0 Å². The van der Waals surface area contributed by atoms with Gasteiger partial charge in [0.2, 0.25) is 11.9 Å². The highest BCUT2D eigenvalue weighted by molar-refractivity contribution is 5.92. The highest BCUT2D eigenvalue weighted by Crippen LogP contribution is 2.15. The van der Waals surface area contributed by atoms with E-state index in [0.29, 0.717) is 18.1 Å². The number of rotatable bonds is 1. The average Bonchev–Trinajstić information content (AvgIpc) is 2.51. The number of nitrogens with zero attached hydrogens (tertiary/aromatic N) is 5. The van der Waals surface area contributed by atoms with Crippen LogP contribution >= 0.6 is 0 Å². The summed E-state index contributed by atoms with van der Waals surface area (Å²) in [6.45, 7) is 0.335. The van der Waals surface area contributed by atoms with Gasteiger partial charge in [-0.15, -0.1) is 0 Å². The number of carbonyl (C=O) groups excluding carboxylic acids is 1. The standard InChI is InChI=1S/C6H8N6O/c1-11-2-4(5(7)13)3-12-6(11)8-9-10-12/h2H,3H2,1H3,(H2,7,13). The van der Waals surface area contributed by atoms with E-state index >= 15 is 0 Å². The van der Waals surface area contributed by atoms with Crippen LogP contribution in [-0.2, 0) is 11.3 Å². The molecule has 0 saturated carbocycles. The van der Waals surface area contributed by atoms with Gasteiger partial charge in [0.15, 0.2) is 0 Å². The fourth-order valence-electron chi connectivity index (χ4n) is 1.19. The molecular weight excluding hydrogens is 172 g/mol. The normalized spacial score (nSPS) is 15.2. The van der Waals surface area contributed by atoms with Gasteiger partial charge < -0.3 is 10.6 Å². The fourth-order valence-corrected chi connectivity index (χ4v) is 1.19. The Kier molecular flexibility index (Phi) is 1.51. The Balaban J connectivity index is 2.39. The van der Waals surface area contributed by atoms with Gasteiger partial charge in [0.25, 0.3) is 0 Å². The SMILES string of the molecule is CN1C=C(C(N)=O)Cn2nnnc21. The van der Waals surface area contributed by atoms with Gasteiger partial charge >= 0.3 is 0 Å². The number of carbonyl (C=O) groups is 1. The highest BCUT2D eigenvalue weighted by atomic mass is 16.1. The lowest BCUT2D eigenvalue weighted by Crippen LogP contribution is -2.28. The van der Waals surface area contributed by atoms with E-state index in [9.17, 15) is 4.79 Å². The van der Waals surface area contributed by atoms with Crippen molar-refractivity contribution in [1.82, 2.24) is 20.2 Å². The maximum atomic E-state index is 10.9. The maximum absolute atomic E-state index is 10.9. The quantitative estimate of drug-likeness (QED) is 0.567. The number of amides is 1. The molecule has 2 N–H and O–H groups in total. The molecule has 0 bridgehead atoms. The van der Waals surface area contributed by atoms with Gasteiger partial charge in [-0.1, -0.05) is 5.10 Å². The number of primary amides is 1. The summed E-state index contributed by atoms with van der Waals surface area (Å²) >= 11 is 0. The molecule has 68 valence electrons. The van der Waals surface area contributed by atoms with Crippen LogP contribution in [0.15, 0.2) is 11.8 Å². The maximum Gasteiger partial charge on any atom is 0.249 e. The number of hydrogen-bond donors (Lipinski definition) is 1. The van der Waals surface area contributed by atoms with Crippen molar-refractivity contribution >= 4 is 11.9 Å². The number of anilines is 1. The zero-order chi connectivity index (χ0) is 9.42. The number of tetrazole rings is 1. The van der Waals surface area contributed by atoms with E-state index in [1.165, 1.54) is 4.68 Å². The highest BCUT2D eigenvalue weighted by Gasteiger charge is 2.19.